The first kappa shape index (κ1) is 10.5. The fourth-order valence-electron chi connectivity index (χ4n) is 1.23. The highest BCUT2D eigenvalue weighted by Gasteiger charge is 2.35. The Morgan fingerprint density at radius 1 is 1.25 bits per heavy atom. The Hall–Kier alpha value is -2.05. The number of alkyl halides is 3. The standard InChI is InChI=1S/C9H7F3N4/c10-9(11,12)8-6(13)1-2-7(15-8)16-4-3-14-5-16/h1-5H,13H2. The van der Waals surface area contributed by atoms with Crippen LogP contribution in [0.1, 0.15) is 5.69 Å². The van der Waals surface area contributed by atoms with Crippen LogP contribution < -0.4 is 5.73 Å². The lowest BCUT2D eigenvalue weighted by Crippen LogP contribution is -2.13. The van der Waals surface area contributed by atoms with Gasteiger partial charge in [0.15, 0.2) is 5.69 Å². The molecule has 2 N–H and O–H groups in total. The first-order valence-electron chi connectivity index (χ1n) is 4.30. The van der Waals surface area contributed by atoms with E-state index in [4.69, 9.17) is 5.73 Å². The smallest absolute Gasteiger partial charge is 0.397 e. The lowest BCUT2D eigenvalue weighted by Gasteiger charge is -2.10. The molecule has 0 bridgehead atoms. The van der Waals surface area contributed by atoms with Crippen LogP contribution in [0, 0.1) is 0 Å². The first-order chi connectivity index (χ1) is 7.48. The van der Waals surface area contributed by atoms with Gasteiger partial charge >= 0.3 is 6.18 Å². The molecule has 0 aliphatic carbocycles. The van der Waals surface area contributed by atoms with Crippen molar-refractivity contribution in [3.05, 3.63) is 36.5 Å². The van der Waals surface area contributed by atoms with Crippen molar-refractivity contribution in [3.8, 4) is 5.82 Å². The van der Waals surface area contributed by atoms with Gasteiger partial charge < -0.3 is 5.73 Å². The van der Waals surface area contributed by atoms with Gasteiger partial charge in [-0.05, 0) is 12.1 Å². The predicted molar refractivity (Wildman–Crippen MR) is 50.8 cm³/mol. The number of pyridine rings is 1. The third kappa shape index (κ3) is 1.83. The zero-order valence-corrected chi connectivity index (χ0v) is 7.94. The summed E-state index contributed by atoms with van der Waals surface area (Å²) >= 11 is 0. The minimum Gasteiger partial charge on any atom is -0.397 e. The zero-order valence-electron chi connectivity index (χ0n) is 7.94. The summed E-state index contributed by atoms with van der Waals surface area (Å²) in [7, 11) is 0. The van der Waals surface area contributed by atoms with E-state index in [9.17, 15) is 13.2 Å². The minimum absolute atomic E-state index is 0.124. The van der Waals surface area contributed by atoms with E-state index in [2.05, 4.69) is 9.97 Å². The van der Waals surface area contributed by atoms with E-state index in [0.717, 1.165) is 0 Å². The number of aromatic nitrogens is 3. The lowest BCUT2D eigenvalue weighted by atomic mass is 10.3. The maximum atomic E-state index is 12.5. The molecule has 0 aromatic carbocycles. The molecule has 4 nitrogen and oxygen atoms in total. The SMILES string of the molecule is Nc1ccc(-n2ccnc2)nc1C(F)(F)F. The molecule has 84 valence electrons. The Morgan fingerprint density at radius 2 is 2.00 bits per heavy atom. The number of imidazole rings is 1. The van der Waals surface area contributed by atoms with Crippen LogP contribution in [0.2, 0.25) is 0 Å². The number of hydrogen-bond donors (Lipinski definition) is 1. The zero-order chi connectivity index (χ0) is 11.8. The number of anilines is 1. The van der Waals surface area contributed by atoms with Gasteiger partial charge in [-0.15, -0.1) is 0 Å². The van der Waals surface area contributed by atoms with E-state index in [-0.39, 0.29) is 5.82 Å². The molecule has 0 spiro atoms. The fourth-order valence-corrected chi connectivity index (χ4v) is 1.23. The van der Waals surface area contributed by atoms with Gasteiger partial charge in [-0.3, -0.25) is 4.57 Å². The van der Waals surface area contributed by atoms with Gasteiger partial charge in [0.1, 0.15) is 12.1 Å². The van der Waals surface area contributed by atoms with E-state index in [1.807, 2.05) is 0 Å². The average Bonchev–Trinajstić information content (AvgIpc) is 2.69. The van der Waals surface area contributed by atoms with E-state index >= 15 is 0 Å². The summed E-state index contributed by atoms with van der Waals surface area (Å²) in [6.07, 6.45) is -0.247. The van der Waals surface area contributed by atoms with Crippen molar-refractivity contribution >= 4 is 5.69 Å². The number of nitrogen functional groups attached to an aromatic ring is 1. The summed E-state index contributed by atoms with van der Waals surface area (Å²) in [5, 5.41) is 0. The maximum Gasteiger partial charge on any atom is 0.435 e. The van der Waals surface area contributed by atoms with Crippen LogP contribution in [0.25, 0.3) is 5.82 Å². The van der Waals surface area contributed by atoms with E-state index < -0.39 is 17.6 Å². The van der Waals surface area contributed by atoms with Crippen molar-refractivity contribution < 1.29 is 13.2 Å². The minimum atomic E-state index is -4.55. The number of hydrogen-bond acceptors (Lipinski definition) is 3. The van der Waals surface area contributed by atoms with Crippen molar-refractivity contribution in [2.75, 3.05) is 5.73 Å². The number of rotatable bonds is 1. The van der Waals surface area contributed by atoms with Crippen molar-refractivity contribution in [2.45, 2.75) is 6.18 Å². The Kier molecular flexibility index (Phi) is 2.30. The second-order valence-electron chi connectivity index (χ2n) is 3.07. The molecule has 7 heteroatoms. The summed E-state index contributed by atoms with van der Waals surface area (Å²) in [5.41, 5.74) is 3.74. The second-order valence-corrected chi connectivity index (χ2v) is 3.07. The monoisotopic (exact) mass is 228 g/mol. The summed E-state index contributed by atoms with van der Waals surface area (Å²) in [4.78, 5) is 7.18. The number of nitrogens with zero attached hydrogens (tertiary/aromatic N) is 3. The highest BCUT2D eigenvalue weighted by molar-refractivity contribution is 5.47. The van der Waals surface area contributed by atoms with E-state index in [1.54, 1.807) is 0 Å². The average molecular weight is 228 g/mol. The molecular weight excluding hydrogens is 221 g/mol. The van der Waals surface area contributed by atoms with Gasteiger partial charge in [-0.25, -0.2) is 9.97 Å². The normalized spacial score (nSPS) is 11.7. The largest absolute Gasteiger partial charge is 0.435 e. The van der Waals surface area contributed by atoms with Gasteiger partial charge in [-0.2, -0.15) is 13.2 Å². The molecule has 0 radical (unpaired) electrons. The lowest BCUT2D eigenvalue weighted by molar-refractivity contribution is -0.140. The van der Waals surface area contributed by atoms with Gasteiger partial charge in [0.05, 0.1) is 5.69 Å². The molecule has 0 aliphatic rings. The molecule has 0 aliphatic heterocycles. The van der Waals surface area contributed by atoms with Crippen LogP contribution in [0.5, 0.6) is 0 Å². The van der Waals surface area contributed by atoms with Crippen molar-refractivity contribution in [2.24, 2.45) is 0 Å². The van der Waals surface area contributed by atoms with Crippen LogP contribution in [0.3, 0.4) is 0 Å². The van der Waals surface area contributed by atoms with Crippen LogP contribution >= 0.6 is 0 Å². The van der Waals surface area contributed by atoms with Gasteiger partial charge in [0.2, 0.25) is 0 Å². The highest BCUT2D eigenvalue weighted by Crippen LogP contribution is 2.32. The molecule has 2 heterocycles. The molecule has 0 saturated carbocycles. The molecule has 2 aromatic rings. The molecule has 2 rings (SSSR count). The molecule has 0 saturated heterocycles. The molecular formula is C9H7F3N4. The number of halogens is 3. The Balaban J connectivity index is 2.52. The van der Waals surface area contributed by atoms with Crippen LogP contribution in [0.4, 0.5) is 18.9 Å². The molecule has 0 fully saturated rings. The molecule has 0 amide bonds. The molecule has 0 atom stereocenters. The third-order valence-electron chi connectivity index (χ3n) is 1.95. The molecule has 0 unspecified atom stereocenters. The second kappa shape index (κ2) is 3.51. The fraction of sp³-hybridized carbons (Fsp3) is 0.111. The first-order valence-corrected chi connectivity index (χ1v) is 4.30. The highest BCUT2D eigenvalue weighted by atomic mass is 19.4. The van der Waals surface area contributed by atoms with Gasteiger partial charge in [0, 0.05) is 12.4 Å². The maximum absolute atomic E-state index is 12.5. The van der Waals surface area contributed by atoms with Crippen LogP contribution in [0.15, 0.2) is 30.9 Å². The Labute approximate surface area is 88.5 Å². The molecule has 16 heavy (non-hydrogen) atoms. The van der Waals surface area contributed by atoms with Gasteiger partial charge in [0.25, 0.3) is 0 Å². The summed E-state index contributed by atoms with van der Waals surface area (Å²) in [5.74, 6) is 0.124. The third-order valence-corrected chi connectivity index (χ3v) is 1.95. The van der Waals surface area contributed by atoms with E-state index in [0.29, 0.717) is 0 Å². The Morgan fingerprint density at radius 3 is 2.56 bits per heavy atom. The summed E-state index contributed by atoms with van der Waals surface area (Å²) < 4.78 is 38.9. The predicted octanol–water partition coefficient (Wildman–Crippen LogP) is 1.87. The van der Waals surface area contributed by atoms with Crippen molar-refractivity contribution in [1.82, 2.24) is 14.5 Å². The van der Waals surface area contributed by atoms with Crippen molar-refractivity contribution in [3.63, 3.8) is 0 Å². The van der Waals surface area contributed by atoms with Crippen LogP contribution in [-0.4, -0.2) is 14.5 Å². The topological polar surface area (TPSA) is 56.7 Å². The van der Waals surface area contributed by atoms with E-state index in [1.165, 1.54) is 35.4 Å². The molecule has 2 aromatic heterocycles. The Bertz CT molecular complexity index is 490. The number of nitrogens with two attached hydrogens (primary N) is 1. The quantitative estimate of drug-likeness (QED) is 0.810. The van der Waals surface area contributed by atoms with Crippen molar-refractivity contribution in [1.29, 1.82) is 0 Å². The van der Waals surface area contributed by atoms with Gasteiger partial charge in [-0.1, -0.05) is 0 Å². The summed E-state index contributed by atoms with van der Waals surface area (Å²) in [6, 6.07) is 2.57. The summed E-state index contributed by atoms with van der Waals surface area (Å²) in [6.45, 7) is 0. The van der Waals surface area contributed by atoms with Crippen LogP contribution in [-0.2, 0) is 6.18 Å².